The van der Waals surface area contributed by atoms with Crippen molar-refractivity contribution in [3.63, 3.8) is 0 Å². The van der Waals surface area contributed by atoms with E-state index in [1.54, 1.807) is 43.5 Å². The summed E-state index contributed by atoms with van der Waals surface area (Å²) < 4.78 is 54.3. The first kappa shape index (κ1) is 23.8. The van der Waals surface area contributed by atoms with Crippen molar-refractivity contribution in [2.24, 2.45) is 0 Å². The zero-order valence-electron chi connectivity index (χ0n) is 19.5. The fourth-order valence-corrected chi connectivity index (χ4v) is 5.44. The fourth-order valence-electron chi connectivity index (χ4n) is 3.97. The maximum atomic E-state index is 13.0. The number of rotatable bonds is 8. The van der Waals surface area contributed by atoms with Gasteiger partial charge < -0.3 is 23.5 Å². The van der Waals surface area contributed by atoms with Gasteiger partial charge in [0.2, 0.25) is 27.5 Å². The lowest BCUT2D eigenvalue weighted by atomic mass is 9.98. The third kappa shape index (κ3) is 4.53. The molecule has 11 heteroatoms. The summed E-state index contributed by atoms with van der Waals surface area (Å²) in [5, 5.41) is 4.12. The molecule has 1 aromatic heterocycles. The van der Waals surface area contributed by atoms with Gasteiger partial charge in [-0.15, -0.1) is 0 Å². The molecule has 1 aliphatic rings. The van der Waals surface area contributed by atoms with Crippen LogP contribution in [0.15, 0.2) is 45.8 Å². The van der Waals surface area contributed by atoms with Crippen molar-refractivity contribution >= 4 is 10.0 Å². The molecule has 2 heterocycles. The number of methoxy groups -OCH3 is 4. The average Bonchev–Trinajstić information content (AvgIpc) is 3.38. The van der Waals surface area contributed by atoms with E-state index in [1.165, 1.54) is 25.6 Å². The zero-order valence-corrected chi connectivity index (χ0v) is 20.3. The Morgan fingerprint density at radius 3 is 2.06 bits per heavy atom. The largest absolute Gasteiger partial charge is 0.497 e. The van der Waals surface area contributed by atoms with Crippen molar-refractivity contribution in [3.8, 4) is 34.4 Å². The molecule has 0 saturated carbocycles. The van der Waals surface area contributed by atoms with Crippen LogP contribution in [0.3, 0.4) is 0 Å². The van der Waals surface area contributed by atoms with Crippen LogP contribution in [0.25, 0.3) is 11.4 Å². The standard InChI is InChI=1S/C23H27N3O7S/c1-29-17-5-7-18(8-6-17)34(27,28)26-11-9-15(10-12-26)23-24-22(25-33-23)16-13-19(30-2)21(32-4)20(14-16)31-3/h5-8,13-15H,9-12H2,1-4H3. The van der Waals surface area contributed by atoms with Gasteiger partial charge in [0.1, 0.15) is 5.75 Å². The summed E-state index contributed by atoms with van der Waals surface area (Å²) in [4.78, 5) is 4.81. The number of hydrogen-bond acceptors (Lipinski definition) is 9. The van der Waals surface area contributed by atoms with Crippen molar-refractivity contribution in [2.45, 2.75) is 23.7 Å². The van der Waals surface area contributed by atoms with E-state index in [2.05, 4.69) is 10.1 Å². The molecule has 0 bridgehead atoms. The van der Waals surface area contributed by atoms with E-state index >= 15 is 0 Å². The summed E-state index contributed by atoms with van der Waals surface area (Å²) in [5.41, 5.74) is 0.656. The quantitative estimate of drug-likeness (QED) is 0.470. The number of hydrogen-bond donors (Lipinski definition) is 0. The molecule has 0 atom stereocenters. The van der Waals surface area contributed by atoms with Crippen LogP contribution in [0, 0.1) is 0 Å². The molecule has 0 aliphatic carbocycles. The minimum absolute atomic E-state index is 0.0365. The third-order valence-electron chi connectivity index (χ3n) is 5.87. The van der Waals surface area contributed by atoms with Gasteiger partial charge in [-0.2, -0.15) is 9.29 Å². The smallest absolute Gasteiger partial charge is 0.243 e. The van der Waals surface area contributed by atoms with E-state index in [1.807, 2.05) is 0 Å². The van der Waals surface area contributed by atoms with Gasteiger partial charge in [-0.3, -0.25) is 0 Å². The third-order valence-corrected chi connectivity index (χ3v) is 7.78. The van der Waals surface area contributed by atoms with E-state index in [0.717, 1.165) is 0 Å². The normalized spacial score (nSPS) is 15.2. The maximum absolute atomic E-state index is 13.0. The Bertz CT molecular complexity index is 1210. The molecule has 0 N–H and O–H groups in total. The molecule has 10 nitrogen and oxygen atoms in total. The molecule has 1 aliphatic heterocycles. The van der Waals surface area contributed by atoms with Gasteiger partial charge >= 0.3 is 0 Å². The Hall–Kier alpha value is -3.31. The first-order chi connectivity index (χ1) is 16.4. The minimum Gasteiger partial charge on any atom is -0.497 e. The lowest BCUT2D eigenvalue weighted by molar-refractivity contribution is 0.270. The Labute approximate surface area is 198 Å². The van der Waals surface area contributed by atoms with Gasteiger partial charge in [0.05, 0.1) is 33.3 Å². The van der Waals surface area contributed by atoms with E-state index in [-0.39, 0.29) is 10.8 Å². The molecule has 34 heavy (non-hydrogen) atoms. The highest BCUT2D eigenvalue weighted by molar-refractivity contribution is 7.89. The SMILES string of the molecule is COc1ccc(S(=O)(=O)N2CCC(c3nc(-c4cc(OC)c(OC)c(OC)c4)no3)CC2)cc1. The zero-order chi connectivity index (χ0) is 24.3. The van der Waals surface area contributed by atoms with Crippen molar-refractivity contribution < 1.29 is 31.9 Å². The summed E-state index contributed by atoms with van der Waals surface area (Å²) in [6, 6.07) is 9.90. The van der Waals surface area contributed by atoms with Gasteiger partial charge in [-0.1, -0.05) is 5.16 Å². The molecule has 2 aromatic carbocycles. The second-order valence-corrected chi connectivity index (χ2v) is 9.66. The van der Waals surface area contributed by atoms with Crippen LogP contribution < -0.4 is 18.9 Å². The molecule has 3 aromatic rings. The maximum Gasteiger partial charge on any atom is 0.243 e. The molecule has 4 rings (SSSR count). The second-order valence-electron chi connectivity index (χ2n) is 7.72. The van der Waals surface area contributed by atoms with E-state index in [0.29, 0.717) is 66.2 Å². The highest BCUT2D eigenvalue weighted by Gasteiger charge is 2.32. The van der Waals surface area contributed by atoms with Gasteiger partial charge in [0.25, 0.3) is 0 Å². The summed E-state index contributed by atoms with van der Waals surface area (Å²) in [6.45, 7) is 0.724. The number of benzene rings is 2. The fraction of sp³-hybridized carbons (Fsp3) is 0.391. The predicted octanol–water partition coefficient (Wildman–Crippen LogP) is 3.34. The van der Waals surface area contributed by atoms with E-state index in [4.69, 9.17) is 23.5 Å². The van der Waals surface area contributed by atoms with Crippen LogP contribution >= 0.6 is 0 Å². The Morgan fingerprint density at radius 2 is 1.53 bits per heavy atom. The van der Waals surface area contributed by atoms with E-state index < -0.39 is 10.0 Å². The van der Waals surface area contributed by atoms with Gasteiger partial charge in [-0.25, -0.2) is 8.42 Å². The molecular formula is C23H27N3O7S. The Morgan fingerprint density at radius 1 is 0.912 bits per heavy atom. The molecule has 0 spiro atoms. The highest BCUT2D eigenvalue weighted by atomic mass is 32.2. The van der Waals surface area contributed by atoms with Crippen molar-refractivity contribution in [1.29, 1.82) is 0 Å². The highest BCUT2D eigenvalue weighted by Crippen LogP contribution is 2.41. The second kappa shape index (κ2) is 9.90. The predicted molar refractivity (Wildman–Crippen MR) is 123 cm³/mol. The lowest BCUT2D eigenvalue weighted by Crippen LogP contribution is -2.37. The number of sulfonamides is 1. The average molecular weight is 490 g/mol. The first-order valence-electron chi connectivity index (χ1n) is 10.7. The van der Waals surface area contributed by atoms with Gasteiger partial charge in [0.15, 0.2) is 11.5 Å². The number of ether oxygens (including phenoxy) is 4. The van der Waals surface area contributed by atoms with Crippen LogP contribution in [-0.4, -0.2) is 64.4 Å². The minimum atomic E-state index is -3.58. The van der Waals surface area contributed by atoms with Crippen LogP contribution in [0.5, 0.6) is 23.0 Å². The number of piperidine rings is 1. The van der Waals surface area contributed by atoms with Crippen LogP contribution in [0.1, 0.15) is 24.7 Å². The molecular weight excluding hydrogens is 462 g/mol. The molecule has 1 saturated heterocycles. The Balaban J connectivity index is 1.48. The first-order valence-corrected chi connectivity index (χ1v) is 12.1. The van der Waals surface area contributed by atoms with Gasteiger partial charge in [-0.05, 0) is 49.2 Å². The lowest BCUT2D eigenvalue weighted by Gasteiger charge is -2.29. The number of nitrogens with zero attached hydrogens (tertiary/aromatic N) is 3. The number of aromatic nitrogens is 2. The molecule has 0 amide bonds. The van der Waals surface area contributed by atoms with Crippen LogP contribution in [-0.2, 0) is 10.0 Å². The summed E-state index contributed by atoms with van der Waals surface area (Å²) in [6.07, 6.45) is 1.15. The monoisotopic (exact) mass is 489 g/mol. The molecule has 0 radical (unpaired) electrons. The molecule has 0 unspecified atom stereocenters. The van der Waals surface area contributed by atoms with E-state index in [9.17, 15) is 8.42 Å². The Kier molecular flexibility index (Phi) is 6.94. The summed E-state index contributed by atoms with van der Waals surface area (Å²) in [5.74, 6) is 2.89. The summed E-state index contributed by atoms with van der Waals surface area (Å²) in [7, 11) is 2.57. The van der Waals surface area contributed by atoms with Crippen LogP contribution in [0.2, 0.25) is 0 Å². The topological polar surface area (TPSA) is 113 Å². The van der Waals surface area contributed by atoms with Crippen molar-refractivity contribution in [1.82, 2.24) is 14.4 Å². The van der Waals surface area contributed by atoms with Crippen molar-refractivity contribution in [3.05, 3.63) is 42.3 Å². The van der Waals surface area contributed by atoms with Crippen LogP contribution in [0.4, 0.5) is 0 Å². The van der Waals surface area contributed by atoms with Gasteiger partial charge in [0, 0.05) is 24.6 Å². The summed E-state index contributed by atoms with van der Waals surface area (Å²) >= 11 is 0. The molecule has 182 valence electrons. The van der Waals surface area contributed by atoms with Crippen molar-refractivity contribution in [2.75, 3.05) is 41.5 Å². The molecule has 1 fully saturated rings.